The lowest BCUT2D eigenvalue weighted by Crippen LogP contribution is -2.50. The molecular weight excluding hydrogens is 464 g/mol. The lowest BCUT2D eigenvalue weighted by atomic mass is 10.3. The van der Waals surface area contributed by atoms with E-state index in [9.17, 15) is 13.2 Å². The number of sulfonamides is 1. The van der Waals surface area contributed by atoms with Crippen molar-refractivity contribution in [1.29, 1.82) is 0 Å². The highest BCUT2D eigenvalue weighted by Gasteiger charge is 2.32. The van der Waals surface area contributed by atoms with Gasteiger partial charge in [0, 0.05) is 26.2 Å². The van der Waals surface area contributed by atoms with Gasteiger partial charge in [-0.3, -0.25) is 4.79 Å². The van der Waals surface area contributed by atoms with Gasteiger partial charge < -0.3 is 14.1 Å². The predicted octanol–water partition coefficient (Wildman–Crippen LogP) is 3.01. The van der Waals surface area contributed by atoms with Gasteiger partial charge in [0.1, 0.15) is 34.0 Å². The maximum atomic E-state index is 13.2. The molecule has 2 aromatic heterocycles. The summed E-state index contributed by atoms with van der Waals surface area (Å²) in [5.41, 5.74) is 0.932. The van der Waals surface area contributed by atoms with Crippen LogP contribution in [0.2, 0.25) is 0 Å². The summed E-state index contributed by atoms with van der Waals surface area (Å²) >= 11 is 0.981. The number of amides is 1. The van der Waals surface area contributed by atoms with Crippen molar-refractivity contribution in [2.75, 3.05) is 26.2 Å². The third-order valence-electron chi connectivity index (χ3n) is 5.39. The summed E-state index contributed by atoms with van der Waals surface area (Å²) in [6.07, 6.45) is 0. The second kappa shape index (κ2) is 8.93. The predicted molar refractivity (Wildman–Crippen MR) is 122 cm³/mol. The van der Waals surface area contributed by atoms with Crippen LogP contribution in [0, 0.1) is 0 Å². The molecule has 1 fully saturated rings. The van der Waals surface area contributed by atoms with Crippen LogP contribution >= 0.6 is 11.7 Å². The Kier molecular flexibility index (Phi) is 5.83. The topological polar surface area (TPSA) is 106 Å². The molecule has 0 aliphatic carbocycles. The molecule has 0 radical (unpaired) electrons. The SMILES string of the molecule is O=C(c1ccc(COc2ccccc2)o1)N1CCN(S(=O)(=O)c2cccc3nsnc23)CC1. The number of para-hydroxylation sites is 1. The molecule has 1 aliphatic heterocycles. The number of hydrogen-bond donors (Lipinski definition) is 0. The monoisotopic (exact) mass is 484 g/mol. The fourth-order valence-corrected chi connectivity index (χ4v) is 5.83. The fourth-order valence-electron chi connectivity index (χ4n) is 3.66. The van der Waals surface area contributed by atoms with Crippen molar-refractivity contribution in [3.8, 4) is 5.75 Å². The molecule has 170 valence electrons. The standard InChI is InChI=1S/C22H20N4O5S2/c27-22(19-10-9-17(31-19)15-30-16-5-2-1-3-6-16)25-11-13-26(14-12-25)33(28,29)20-8-4-7-18-21(20)24-32-23-18/h1-10H,11-15H2. The van der Waals surface area contributed by atoms with Gasteiger partial charge in [0.15, 0.2) is 5.76 Å². The summed E-state index contributed by atoms with van der Waals surface area (Å²) in [4.78, 5) is 14.6. The number of benzene rings is 2. The lowest BCUT2D eigenvalue weighted by molar-refractivity contribution is 0.0662. The zero-order valence-corrected chi connectivity index (χ0v) is 19.1. The molecule has 9 nitrogen and oxygen atoms in total. The smallest absolute Gasteiger partial charge is 0.289 e. The highest BCUT2D eigenvalue weighted by Crippen LogP contribution is 2.25. The maximum Gasteiger partial charge on any atom is 0.289 e. The summed E-state index contributed by atoms with van der Waals surface area (Å²) in [7, 11) is -3.74. The first-order valence-electron chi connectivity index (χ1n) is 10.3. The average Bonchev–Trinajstić information content (AvgIpc) is 3.52. The van der Waals surface area contributed by atoms with E-state index in [1.165, 1.54) is 4.31 Å². The van der Waals surface area contributed by atoms with Crippen molar-refractivity contribution in [3.05, 3.63) is 72.2 Å². The summed E-state index contributed by atoms with van der Waals surface area (Å²) in [6, 6.07) is 17.6. The molecule has 0 atom stereocenters. The Hall–Kier alpha value is -3.28. The van der Waals surface area contributed by atoms with E-state index >= 15 is 0 Å². The number of nitrogens with zero attached hydrogens (tertiary/aromatic N) is 4. The quantitative estimate of drug-likeness (QED) is 0.414. The minimum absolute atomic E-state index is 0.141. The number of furan rings is 1. The van der Waals surface area contributed by atoms with Crippen molar-refractivity contribution in [3.63, 3.8) is 0 Å². The van der Waals surface area contributed by atoms with E-state index in [1.807, 2.05) is 30.3 Å². The largest absolute Gasteiger partial charge is 0.486 e. The summed E-state index contributed by atoms with van der Waals surface area (Å²) in [5.74, 6) is 1.18. The molecule has 4 aromatic rings. The molecule has 3 heterocycles. The normalized spacial score (nSPS) is 15.1. The maximum absolute atomic E-state index is 13.2. The molecule has 0 saturated carbocycles. The Morgan fingerprint density at radius 2 is 1.76 bits per heavy atom. The van der Waals surface area contributed by atoms with Crippen molar-refractivity contribution in [1.82, 2.24) is 18.0 Å². The fraction of sp³-hybridized carbons (Fsp3) is 0.227. The molecule has 33 heavy (non-hydrogen) atoms. The van der Waals surface area contributed by atoms with Crippen molar-refractivity contribution < 1.29 is 22.4 Å². The van der Waals surface area contributed by atoms with Crippen LogP contribution in [0.25, 0.3) is 11.0 Å². The molecule has 11 heteroatoms. The van der Waals surface area contributed by atoms with Crippen molar-refractivity contribution in [2.45, 2.75) is 11.5 Å². The molecule has 1 amide bonds. The van der Waals surface area contributed by atoms with E-state index in [0.29, 0.717) is 22.5 Å². The molecular formula is C22H20N4O5S2. The van der Waals surface area contributed by atoms with Crippen molar-refractivity contribution >= 4 is 38.7 Å². The molecule has 0 unspecified atom stereocenters. The van der Waals surface area contributed by atoms with Gasteiger partial charge >= 0.3 is 0 Å². The molecule has 5 rings (SSSR count). The Balaban J connectivity index is 1.22. The number of piperazine rings is 1. The Morgan fingerprint density at radius 3 is 2.55 bits per heavy atom. The molecule has 2 aromatic carbocycles. The van der Waals surface area contributed by atoms with E-state index in [-0.39, 0.29) is 49.3 Å². The third kappa shape index (κ3) is 4.34. The Labute approximate surface area is 194 Å². The minimum Gasteiger partial charge on any atom is -0.486 e. The van der Waals surface area contributed by atoms with Gasteiger partial charge in [-0.25, -0.2) is 8.42 Å². The van der Waals surface area contributed by atoms with Crippen LogP contribution in [0.5, 0.6) is 5.75 Å². The number of ether oxygens (including phenoxy) is 1. The Morgan fingerprint density at radius 1 is 0.970 bits per heavy atom. The highest BCUT2D eigenvalue weighted by molar-refractivity contribution is 7.89. The first-order chi connectivity index (χ1) is 16.0. The van der Waals surface area contributed by atoms with Crippen molar-refractivity contribution in [2.24, 2.45) is 0 Å². The van der Waals surface area contributed by atoms with Crippen LogP contribution in [-0.2, 0) is 16.6 Å². The van der Waals surface area contributed by atoms with Gasteiger partial charge in [-0.2, -0.15) is 13.1 Å². The number of hydrogen-bond acceptors (Lipinski definition) is 8. The molecule has 1 aliphatic rings. The van der Waals surface area contributed by atoms with Crippen LogP contribution in [0.3, 0.4) is 0 Å². The molecule has 0 spiro atoms. The van der Waals surface area contributed by atoms with Crippen LogP contribution in [0.4, 0.5) is 0 Å². The summed E-state index contributed by atoms with van der Waals surface area (Å²) in [6.45, 7) is 1.11. The second-order valence-corrected chi connectivity index (χ2v) is 9.89. The van der Waals surface area contributed by atoms with Gasteiger partial charge in [0.25, 0.3) is 5.91 Å². The van der Waals surface area contributed by atoms with Gasteiger partial charge in [-0.05, 0) is 36.4 Å². The minimum atomic E-state index is -3.74. The zero-order chi connectivity index (χ0) is 22.8. The van der Waals surface area contributed by atoms with Gasteiger partial charge in [0.2, 0.25) is 10.0 Å². The number of fused-ring (bicyclic) bond motifs is 1. The average molecular weight is 485 g/mol. The van der Waals surface area contributed by atoms with Crippen LogP contribution in [0.1, 0.15) is 16.3 Å². The first-order valence-corrected chi connectivity index (χ1v) is 12.5. The van der Waals surface area contributed by atoms with Crippen LogP contribution in [0.15, 0.2) is 70.0 Å². The number of carbonyl (C=O) groups excluding carboxylic acids is 1. The lowest BCUT2D eigenvalue weighted by Gasteiger charge is -2.33. The van der Waals surface area contributed by atoms with Gasteiger partial charge in [-0.15, -0.1) is 0 Å². The first kappa shape index (κ1) is 21.6. The molecule has 1 saturated heterocycles. The Bertz CT molecular complexity index is 1380. The molecule has 0 N–H and O–H groups in total. The van der Waals surface area contributed by atoms with E-state index in [4.69, 9.17) is 9.15 Å². The van der Waals surface area contributed by atoms with Crippen LogP contribution < -0.4 is 4.74 Å². The zero-order valence-electron chi connectivity index (χ0n) is 17.5. The number of aromatic nitrogens is 2. The number of rotatable bonds is 6. The van der Waals surface area contributed by atoms with E-state index in [2.05, 4.69) is 8.75 Å². The molecule has 0 bridgehead atoms. The summed E-state index contributed by atoms with van der Waals surface area (Å²) in [5, 5.41) is 0. The second-order valence-electron chi connectivity index (χ2n) is 7.45. The third-order valence-corrected chi connectivity index (χ3v) is 7.86. The summed E-state index contributed by atoms with van der Waals surface area (Å²) < 4.78 is 47.3. The van der Waals surface area contributed by atoms with E-state index in [1.54, 1.807) is 35.2 Å². The van der Waals surface area contributed by atoms with Crippen LogP contribution in [-0.4, -0.2) is 58.5 Å². The van der Waals surface area contributed by atoms with E-state index in [0.717, 1.165) is 11.7 Å². The van der Waals surface area contributed by atoms with Gasteiger partial charge in [0.05, 0.1) is 11.7 Å². The van der Waals surface area contributed by atoms with E-state index < -0.39 is 10.0 Å². The van der Waals surface area contributed by atoms with Gasteiger partial charge in [-0.1, -0.05) is 24.3 Å². The highest BCUT2D eigenvalue weighted by atomic mass is 32.2. The number of carbonyl (C=O) groups is 1.